The predicted molar refractivity (Wildman–Crippen MR) is 83.2 cm³/mol. The molecule has 1 saturated heterocycles. The molecule has 0 bridgehead atoms. The first-order chi connectivity index (χ1) is 9.28. The molecule has 106 valence electrons. The summed E-state index contributed by atoms with van der Waals surface area (Å²) < 4.78 is 6.81. The summed E-state index contributed by atoms with van der Waals surface area (Å²) in [6, 6.07) is 7.98. The quantitative estimate of drug-likeness (QED) is 0.736. The lowest BCUT2D eigenvalue weighted by molar-refractivity contribution is 0.121. The van der Waals surface area contributed by atoms with Crippen LogP contribution in [0.2, 0.25) is 0 Å². The molecule has 1 aromatic carbocycles. The monoisotopic (exact) mass is 346 g/mol. The van der Waals surface area contributed by atoms with Crippen LogP contribution in [0.5, 0.6) is 5.75 Å². The van der Waals surface area contributed by atoms with Crippen LogP contribution in [0.25, 0.3) is 0 Å². The van der Waals surface area contributed by atoms with Gasteiger partial charge in [0, 0.05) is 49.6 Å². The molecule has 0 aliphatic carbocycles. The first-order valence-corrected chi connectivity index (χ1v) is 8.00. The van der Waals surface area contributed by atoms with Gasteiger partial charge in [-0.2, -0.15) is 0 Å². The smallest absolute Gasteiger partial charge is 0.120 e. The summed E-state index contributed by atoms with van der Waals surface area (Å²) in [6.45, 7) is 7.18. The minimum Gasteiger partial charge on any atom is -0.492 e. The van der Waals surface area contributed by atoms with E-state index in [0.29, 0.717) is 0 Å². The highest BCUT2D eigenvalue weighted by atomic mass is 79.9. The van der Waals surface area contributed by atoms with Gasteiger partial charge in [0.2, 0.25) is 0 Å². The summed E-state index contributed by atoms with van der Waals surface area (Å²) in [4.78, 5) is 4.86. The van der Waals surface area contributed by atoms with Crippen molar-refractivity contribution in [3.63, 3.8) is 0 Å². The highest BCUT2D eigenvalue weighted by molar-refractivity contribution is 9.10. The topological polar surface area (TPSA) is 15.7 Å². The van der Waals surface area contributed by atoms with Crippen molar-refractivity contribution in [2.24, 2.45) is 0 Å². The average Bonchev–Trinajstić information content (AvgIpc) is 2.41. The van der Waals surface area contributed by atoms with Gasteiger partial charge in [0.25, 0.3) is 0 Å². The maximum atomic E-state index is 5.76. The van der Waals surface area contributed by atoms with Gasteiger partial charge in [-0.25, -0.2) is 0 Å². The highest BCUT2D eigenvalue weighted by Gasteiger charge is 2.15. The Hall–Kier alpha value is -0.290. The van der Waals surface area contributed by atoms with Crippen molar-refractivity contribution in [1.82, 2.24) is 9.80 Å². The lowest BCUT2D eigenvalue weighted by Crippen LogP contribution is -2.47. The molecular weight excluding hydrogens is 328 g/mol. The molecule has 0 radical (unpaired) electrons. The van der Waals surface area contributed by atoms with Crippen LogP contribution in [0, 0.1) is 0 Å². The minimum atomic E-state index is 0.728. The van der Waals surface area contributed by atoms with E-state index in [-0.39, 0.29) is 0 Å². The maximum absolute atomic E-state index is 5.76. The lowest BCUT2D eigenvalue weighted by Gasteiger charge is -2.34. The maximum Gasteiger partial charge on any atom is 0.120 e. The molecule has 0 unspecified atom stereocenters. The third kappa shape index (κ3) is 5.30. The van der Waals surface area contributed by atoms with Gasteiger partial charge in [0.05, 0.1) is 0 Å². The van der Waals surface area contributed by atoms with Gasteiger partial charge in [-0.05, 0) is 18.2 Å². The SMILES string of the molecule is ClCCN1CCN(CCOc2cccc(Br)c2)CC1. The standard InChI is InChI=1S/C14H20BrClN2O/c15-13-2-1-3-14(12-13)19-11-10-18-8-6-17(5-4-16)7-9-18/h1-3,12H,4-11H2. The van der Waals surface area contributed by atoms with E-state index in [9.17, 15) is 0 Å². The Labute approximate surface area is 128 Å². The van der Waals surface area contributed by atoms with Crippen molar-refractivity contribution < 1.29 is 4.74 Å². The number of rotatable bonds is 6. The molecule has 0 amide bonds. The number of benzene rings is 1. The van der Waals surface area contributed by atoms with Gasteiger partial charge < -0.3 is 4.74 Å². The number of ether oxygens (including phenoxy) is 1. The van der Waals surface area contributed by atoms with Crippen LogP contribution in [0.15, 0.2) is 28.7 Å². The Kier molecular flexibility index (Phi) is 6.44. The van der Waals surface area contributed by atoms with Crippen molar-refractivity contribution in [2.45, 2.75) is 0 Å². The molecule has 5 heteroatoms. The summed E-state index contributed by atoms with van der Waals surface area (Å²) in [5, 5.41) is 0. The number of hydrogen-bond acceptors (Lipinski definition) is 3. The molecule has 2 rings (SSSR count). The number of alkyl halides is 1. The normalized spacial score (nSPS) is 17.6. The summed E-state index contributed by atoms with van der Waals surface area (Å²) in [5.74, 6) is 1.65. The molecule has 0 aromatic heterocycles. The van der Waals surface area contributed by atoms with Crippen molar-refractivity contribution in [3.05, 3.63) is 28.7 Å². The van der Waals surface area contributed by atoms with Crippen LogP contribution in [0.1, 0.15) is 0 Å². The third-order valence-corrected chi connectivity index (χ3v) is 4.00. The third-order valence-electron chi connectivity index (χ3n) is 3.34. The van der Waals surface area contributed by atoms with E-state index in [1.54, 1.807) is 0 Å². The van der Waals surface area contributed by atoms with Crippen LogP contribution in [0.4, 0.5) is 0 Å². The molecule has 1 fully saturated rings. The number of piperazine rings is 1. The molecule has 0 atom stereocenters. The van der Waals surface area contributed by atoms with Crippen LogP contribution >= 0.6 is 27.5 Å². The Morgan fingerprint density at radius 2 is 1.79 bits per heavy atom. The zero-order valence-corrected chi connectivity index (χ0v) is 13.4. The Morgan fingerprint density at radius 1 is 1.11 bits per heavy atom. The fourth-order valence-electron chi connectivity index (χ4n) is 2.21. The number of nitrogens with zero attached hydrogens (tertiary/aromatic N) is 2. The van der Waals surface area contributed by atoms with Crippen LogP contribution in [0.3, 0.4) is 0 Å². The molecule has 1 aromatic rings. The zero-order chi connectivity index (χ0) is 13.5. The van der Waals surface area contributed by atoms with Gasteiger partial charge in [0.15, 0.2) is 0 Å². The molecule has 1 aliphatic heterocycles. The number of hydrogen-bond donors (Lipinski definition) is 0. The fraction of sp³-hybridized carbons (Fsp3) is 0.571. The highest BCUT2D eigenvalue weighted by Crippen LogP contribution is 2.17. The summed E-state index contributed by atoms with van der Waals surface area (Å²) in [7, 11) is 0. The average molecular weight is 348 g/mol. The van der Waals surface area contributed by atoms with Gasteiger partial charge in [-0.15, -0.1) is 11.6 Å². The fourth-order valence-corrected chi connectivity index (χ4v) is 2.82. The van der Waals surface area contributed by atoms with E-state index in [4.69, 9.17) is 16.3 Å². The second-order valence-corrected chi connectivity index (χ2v) is 5.97. The predicted octanol–water partition coefficient (Wildman–Crippen LogP) is 2.68. The Morgan fingerprint density at radius 3 is 2.42 bits per heavy atom. The van der Waals surface area contributed by atoms with E-state index in [0.717, 1.165) is 62.0 Å². The van der Waals surface area contributed by atoms with Crippen molar-refractivity contribution in [1.29, 1.82) is 0 Å². The van der Waals surface area contributed by atoms with Crippen LogP contribution < -0.4 is 4.74 Å². The Bertz CT molecular complexity index is 383. The molecule has 3 nitrogen and oxygen atoms in total. The Balaban J connectivity index is 1.64. The van der Waals surface area contributed by atoms with Gasteiger partial charge >= 0.3 is 0 Å². The van der Waals surface area contributed by atoms with Crippen molar-refractivity contribution >= 4 is 27.5 Å². The van der Waals surface area contributed by atoms with Gasteiger partial charge in [-0.1, -0.05) is 22.0 Å². The number of halogens is 2. The molecule has 0 saturated carbocycles. The van der Waals surface area contributed by atoms with E-state index >= 15 is 0 Å². The first kappa shape index (κ1) is 15.1. The van der Waals surface area contributed by atoms with Crippen LogP contribution in [-0.4, -0.2) is 61.6 Å². The first-order valence-electron chi connectivity index (χ1n) is 6.67. The molecule has 1 heterocycles. The van der Waals surface area contributed by atoms with Crippen LogP contribution in [-0.2, 0) is 0 Å². The zero-order valence-electron chi connectivity index (χ0n) is 11.0. The van der Waals surface area contributed by atoms with E-state index in [1.165, 1.54) is 0 Å². The minimum absolute atomic E-state index is 0.728. The molecular formula is C14H20BrClN2O. The van der Waals surface area contributed by atoms with Crippen molar-refractivity contribution in [3.8, 4) is 5.75 Å². The van der Waals surface area contributed by atoms with E-state index in [1.807, 2.05) is 24.3 Å². The molecule has 19 heavy (non-hydrogen) atoms. The summed E-state index contributed by atoms with van der Waals surface area (Å²) in [6.07, 6.45) is 0. The summed E-state index contributed by atoms with van der Waals surface area (Å²) >= 11 is 9.20. The molecule has 0 N–H and O–H groups in total. The molecule has 0 spiro atoms. The second kappa shape index (κ2) is 8.10. The van der Waals surface area contributed by atoms with Gasteiger partial charge in [0.1, 0.15) is 12.4 Å². The second-order valence-electron chi connectivity index (χ2n) is 4.68. The van der Waals surface area contributed by atoms with E-state index < -0.39 is 0 Å². The van der Waals surface area contributed by atoms with Crippen molar-refractivity contribution in [2.75, 3.05) is 51.8 Å². The molecule has 1 aliphatic rings. The van der Waals surface area contributed by atoms with E-state index in [2.05, 4.69) is 25.7 Å². The summed E-state index contributed by atoms with van der Waals surface area (Å²) in [5.41, 5.74) is 0. The largest absolute Gasteiger partial charge is 0.492 e. The lowest BCUT2D eigenvalue weighted by atomic mass is 10.3. The van der Waals surface area contributed by atoms with Gasteiger partial charge in [-0.3, -0.25) is 9.80 Å².